The molecule has 0 radical (unpaired) electrons. The molecule has 1 saturated carbocycles. The molecule has 3 nitrogen and oxygen atoms in total. The fraction of sp³-hybridized carbons (Fsp3) is 0.684. The van der Waals surface area contributed by atoms with E-state index in [4.69, 9.17) is 0 Å². The van der Waals surface area contributed by atoms with Gasteiger partial charge in [-0.25, -0.2) is 9.97 Å². The van der Waals surface area contributed by atoms with Gasteiger partial charge in [0, 0.05) is 16.3 Å². The lowest BCUT2D eigenvalue weighted by Crippen LogP contribution is -2.32. The Morgan fingerprint density at radius 1 is 1.13 bits per heavy atom. The summed E-state index contributed by atoms with van der Waals surface area (Å²) in [6.07, 6.45) is 13.5. The van der Waals surface area contributed by atoms with Gasteiger partial charge in [0.25, 0.3) is 0 Å². The van der Waals surface area contributed by atoms with Gasteiger partial charge in [0.2, 0.25) is 0 Å². The summed E-state index contributed by atoms with van der Waals surface area (Å²) in [4.78, 5) is 14.4. The van der Waals surface area contributed by atoms with Crippen molar-refractivity contribution >= 4 is 21.6 Å². The van der Waals surface area contributed by atoms with Crippen molar-refractivity contribution in [3.05, 3.63) is 22.5 Å². The van der Waals surface area contributed by atoms with Gasteiger partial charge >= 0.3 is 0 Å². The van der Waals surface area contributed by atoms with Crippen molar-refractivity contribution in [2.75, 3.05) is 14.1 Å². The zero-order valence-electron chi connectivity index (χ0n) is 14.3. The fourth-order valence-corrected chi connectivity index (χ4v) is 5.72. The Labute approximate surface area is 143 Å². The first-order chi connectivity index (χ1) is 11.2. The molecule has 4 rings (SSSR count). The first-order valence-electron chi connectivity index (χ1n) is 9.13. The van der Waals surface area contributed by atoms with Gasteiger partial charge < -0.3 is 4.90 Å². The number of nitrogens with zero attached hydrogens (tertiary/aromatic N) is 3. The third-order valence-electron chi connectivity index (χ3n) is 5.92. The van der Waals surface area contributed by atoms with E-state index in [2.05, 4.69) is 29.0 Å². The molecule has 2 heterocycles. The Morgan fingerprint density at radius 3 is 2.74 bits per heavy atom. The lowest BCUT2D eigenvalue weighted by Gasteiger charge is -2.32. The van der Waals surface area contributed by atoms with Crippen LogP contribution < -0.4 is 0 Å². The summed E-state index contributed by atoms with van der Waals surface area (Å²) in [5.41, 5.74) is 2.90. The minimum atomic E-state index is 0.803. The Hall–Kier alpha value is -1.00. The van der Waals surface area contributed by atoms with Crippen molar-refractivity contribution in [2.45, 2.75) is 63.8 Å². The molecule has 0 bridgehead atoms. The molecule has 2 aliphatic rings. The van der Waals surface area contributed by atoms with E-state index in [-0.39, 0.29) is 0 Å². The molecule has 124 valence electrons. The van der Waals surface area contributed by atoms with Crippen molar-refractivity contribution in [1.82, 2.24) is 14.9 Å². The van der Waals surface area contributed by atoms with Crippen molar-refractivity contribution in [3.8, 4) is 0 Å². The van der Waals surface area contributed by atoms with Crippen LogP contribution in [0.3, 0.4) is 0 Å². The van der Waals surface area contributed by atoms with Crippen LogP contribution >= 0.6 is 11.3 Å². The van der Waals surface area contributed by atoms with Gasteiger partial charge in [-0.3, -0.25) is 0 Å². The van der Waals surface area contributed by atoms with Gasteiger partial charge in [0.1, 0.15) is 11.2 Å². The third kappa shape index (κ3) is 3.03. The molecule has 0 aliphatic heterocycles. The van der Waals surface area contributed by atoms with Gasteiger partial charge in [-0.05, 0) is 83.4 Å². The molecule has 0 aromatic carbocycles. The summed E-state index contributed by atoms with van der Waals surface area (Å²) in [6, 6.07) is 0.803. The van der Waals surface area contributed by atoms with Crippen molar-refractivity contribution < 1.29 is 0 Å². The van der Waals surface area contributed by atoms with Gasteiger partial charge in [0.15, 0.2) is 0 Å². The van der Waals surface area contributed by atoms with Crippen LogP contribution in [-0.2, 0) is 19.3 Å². The second-order valence-corrected chi connectivity index (χ2v) is 8.62. The lowest BCUT2D eigenvalue weighted by atomic mass is 9.82. The first-order valence-corrected chi connectivity index (χ1v) is 9.94. The molecule has 0 unspecified atom stereocenters. The standard InChI is InChI=1S/C19H27N3S/c1-22(2)14-9-6-13(7-10-14)8-11-16-18-15-4-3-5-17(15)23-19(18)21-12-20-16/h12-14H,3-11H2,1-2H3. The van der Waals surface area contributed by atoms with Crippen LogP contribution in [0.4, 0.5) is 0 Å². The predicted molar refractivity (Wildman–Crippen MR) is 97.2 cm³/mol. The normalized spacial score (nSPS) is 24.5. The topological polar surface area (TPSA) is 29.0 Å². The van der Waals surface area contributed by atoms with Gasteiger partial charge in [-0.15, -0.1) is 11.3 Å². The molecule has 23 heavy (non-hydrogen) atoms. The van der Waals surface area contributed by atoms with Gasteiger partial charge in [-0.2, -0.15) is 0 Å². The predicted octanol–water partition coefficient (Wildman–Crippen LogP) is 4.23. The molecular formula is C19H27N3S. The Morgan fingerprint density at radius 2 is 1.96 bits per heavy atom. The molecule has 0 amide bonds. The van der Waals surface area contributed by atoms with Crippen LogP contribution in [0, 0.1) is 5.92 Å². The summed E-state index contributed by atoms with van der Waals surface area (Å²) < 4.78 is 0. The maximum absolute atomic E-state index is 4.67. The first kappa shape index (κ1) is 15.5. The zero-order chi connectivity index (χ0) is 15.8. The van der Waals surface area contributed by atoms with E-state index in [9.17, 15) is 0 Å². The molecule has 2 aromatic rings. The Balaban J connectivity index is 1.45. The number of hydrogen-bond donors (Lipinski definition) is 0. The number of hydrogen-bond acceptors (Lipinski definition) is 4. The number of aromatic nitrogens is 2. The molecule has 4 heteroatoms. The highest BCUT2D eigenvalue weighted by Crippen LogP contribution is 2.38. The summed E-state index contributed by atoms with van der Waals surface area (Å²) in [7, 11) is 4.44. The quantitative estimate of drug-likeness (QED) is 0.840. The summed E-state index contributed by atoms with van der Waals surface area (Å²) >= 11 is 1.91. The SMILES string of the molecule is CN(C)C1CCC(CCc2ncnc3sc4c(c23)CCC4)CC1. The summed E-state index contributed by atoms with van der Waals surface area (Å²) in [6.45, 7) is 0. The molecule has 2 aliphatic carbocycles. The molecule has 2 aromatic heterocycles. The van der Waals surface area contributed by atoms with Crippen molar-refractivity contribution in [2.24, 2.45) is 5.92 Å². The van der Waals surface area contributed by atoms with Crippen LogP contribution in [-0.4, -0.2) is 35.0 Å². The maximum atomic E-state index is 4.67. The highest BCUT2D eigenvalue weighted by atomic mass is 32.1. The molecule has 0 atom stereocenters. The molecule has 0 spiro atoms. The van der Waals surface area contributed by atoms with E-state index >= 15 is 0 Å². The van der Waals surface area contributed by atoms with E-state index in [1.807, 2.05) is 11.3 Å². The highest BCUT2D eigenvalue weighted by Gasteiger charge is 2.24. The largest absolute Gasteiger partial charge is 0.306 e. The number of thiophene rings is 1. The smallest absolute Gasteiger partial charge is 0.127 e. The zero-order valence-corrected chi connectivity index (χ0v) is 15.2. The van der Waals surface area contributed by atoms with Crippen LogP contribution in [0.2, 0.25) is 0 Å². The number of rotatable bonds is 4. The van der Waals surface area contributed by atoms with E-state index < -0.39 is 0 Å². The minimum absolute atomic E-state index is 0.803. The Bertz CT molecular complexity index is 683. The molecule has 0 N–H and O–H groups in total. The second-order valence-electron chi connectivity index (χ2n) is 7.53. The highest BCUT2D eigenvalue weighted by molar-refractivity contribution is 7.18. The maximum Gasteiger partial charge on any atom is 0.127 e. The third-order valence-corrected chi connectivity index (χ3v) is 7.12. The van der Waals surface area contributed by atoms with E-state index in [1.54, 1.807) is 16.8 Å². The average molecular weight is 330 g/mol. The van der Waals surface area contributed by atoms with Crippen LogP contribution in [0.5, 0.6) is 0 Å². The monoisotopic (exact) mass is 329 g/mol. The molecular weight excluding hydrogens is 302 g/mol. The van der Waals surface area contributed by atoms with Crippen LogP contribution in [0.15, 0.2) is 6.33 Å². The van der Waals surface area contributed by atoms with Crippen LogP contribution in [0.25, 0.3) is 10.2 Å². The molecule has 1 fully saturated rings. The summed E-state index contributed by atoms with van der Waals surface area (Å²) in [5.74, 6) is 0.892. The lowest BCUT2D eigenvalue weighted by molar-refractivity contribution is 0.189. The van der Waals surface area contributed by atoms with Crippen molar-refractivity contribution in [1.29, 1.82) is 0 Å². The minimum Gasteiger partial charge on any atom is -0.306 e. The Kier molecular flexibility index (Phi) is 4.37. The van der Waals surface area contributed by atoms with E-state index in [1.165, 1.54) is 67.3 Å². The average Bonchev–Trinajstić information content (AvgIpc) is 3.14. The van der Waals surface area contributed by atoms with Crippen molar-refractivity contribution in [3.63, 3.8) is 0 Å². The number of aryl methyl sites for hydroxylation is 3. The van der Waals surface area contributed by atoms with E-state index in [0.717, 1.165) is 18.4 Å². The number of fused-ring (bicyclic) bond motifs is 3. The van der Waals surface area contributed by atoms with Crippen LogP contribution in [0.1, 0.15) is 54.7 Å². The molecule has 0 saturated heterocycles. The summed E-state index contributed by atoms with van der Waals surface area (Å²) in [5, 5.41) is 1.42. The van der Waals surface area contributed by atoms with Gasteiger partial charge in [0.05, 0.1) is 5.69 Å². The van der Waals surface area contributed by atoms with Gasteiger partial charge in [-0.1, -0.05) is 0 Å². The second kappa shape index (κ2) is 6.48. The fourth-order valence-electron chi connectivity index (χ4n) is 4.47. The van der Waals surface area contributed by atoms with E-state index in [0.29, 0.717) is 0 Å².